The number of hydrogen-bond acceptors (Lipinski definition) is 3. The van der Waals surface area contributed by atoms with E-state index in [1.807, 2.05) is 19.4 Å². The van der Waals surface area contributed by atoms with Crippen molar-refractivity contribution in [1.82, 2.24) is 9.88 Å². The lowest BCUT2D eigenvalue weighted by Crippen LogP contribution is -2.73. The number of hydrogen-bond donors (Lipinski definition) is 0. The summed E-state index contributed by atoms with van der Waals surface area (Å²) in [5.41, 5.74) is 1.66. The highest BCUT2D eigenvalue weighted by molar-refractivity contribution is 6.29. The molecule has 0 aromatic carbocycles. The third kappa shape index (κ3) is 1.87. The minimum Gasteiger partial charge on any atom is -0.373 e. The Balaban J connectivity index is 1.51. The van der Waals surface area contributed by atoms with Crippen LogP contribution in [0.3, 0.4) is 0 Å². The summed E-state index contributed by atoms with van der Waals surface area (Å²) in [5, 5.41) is 0.582. The van der Waals surface area contributed by atoms with Gasteiger partial charge in [-0.15, -0.1) is 0 Å². The molecule has 4 saturated carbocycles. The smallest absolute Gasteiger partial charge is 0.129 e. The van der Waals surface area contributed by atoms with Crippen LogP contribution in [0.5, 0.6) is 0 Å². The predicted molar refractivity (Wildman–Crippen MR) is 90.4 cm³/mol. The molecule has 5 fully saturated rings. The molecule has 23 heavy (non-hydrogen) atoms. The van der Waals surface area contributed by atoms with Crippen molar-refractivity contribution in [2.75, 3.05) is 20.2 Å². The van der Waals surface area contributed by atoms with Crippen LogP contribution in [-0.2, 0) is 10.3 Å². The molecule has 0 unspecified atom stereocenters. The SMILES string of the molecule is CO[C@]1(c2ccnc(Cl)c2)[C@@H]2CCC[C@H]1CN(C13CC(C1)C3)C2. The van der Waals surface area contributed by atoms with E-state index in [4.69, 9.17) is 16.3 Å². The summed E-state index contributed by atoms with van der Waals surface area (Å²) >= 11 is 6.20. The Morgan fingerprint density at radius 3 is 2.43 bits per heavy atom. The van der Waals surface area contributed by atoms with Crippen LogP contribution in [0.15, 0.2) is 18.3 Å². The fraction of sp³-hybridized carbons (Fsp3) is 0.737. The van der Waals surface area contributed by atoms with Gasteiger partial charge in [0, 0.05) is 43.8 Å². The quantitative estimate of drug-likeness (QED) is 0.786. The maximum Gasteiger partial charge on any atom is 0.129 e. The Labute approximate surface area is 143 Å². The highest BCUT2D eigenvalue weighted by Gasteiger charge is 2.63. The number of halogens is 1. The number of piperidine rings is 1. The second-order valence-electron chi connectivity index (χ2n) is 8.30. The van der Waals surface area contributed by atoms with Crippen molar-refractivity contribution >= 4 is 11.6 Å². The van der Waals surface area contributed by atoms with Crippen molar-refractivity contribution < 1.29 is 4.74 Å². The first kappa shape index (κ1) is 14.7. The van der Waals surface area contributed by atoms with Crippen molar-refractivity contribution in [2.24, 2.45) is 17.8 Å². The standard InChI is InChI=1S/C19H25ClN2O/c1-23-19(14-5-6-21-17(20)7-14)15-3-2-4-16(19)12-22(11-15)18-8-13(9-18)10-18/h5-7,13,15-16H,2-4,8-12H2,1H3/t13?,15-,16+,18?,19-. The maximum atomic E-state index is 6.30. The van der Waals surface area contributed by atoms with E-state index in [1.165, 1.54) is 57.2 Å². The highest BCUT2D eigenvalue weighted by atomic mass is 35.5. The number of nitrogens with zero attached hydrogens (tertiary/aromatic N) is 2. The molecule has 124 valence electrons. The predicted octanol–water partition coefficient (Wildman–Crippen LogP) is 3.86. The minimum atomic E-state index is -0.162. The summed E-state index contributed by atoms with van der Waals surface area (Å²) in [6.07, 6.45) is 10.1. The van der Waals surface area contributed by atoms with Crippen LogP contribution in [-0.4, -0.2) is 35.6 Å². The molecule has 0 amide bonds. The highest BCUT2D eigenvalue weighted by Crippen LogP contribution is 2.63. The molecule has 6 rings (SSSR count). The maximum absolute atomic E-state index is 6.30. The lowest BCUT2D eigenvalue weighted by Gasteiger charge is -2.70. The number of fused-ring (bicyclic) bond motifs is 2. The molecule has 1 aromatic heterocycles. The van der Waals surface area contributed by atoms with E-state index in [9.17, 15) is 0 Å². The summed E-state index contributed by atoms with van der Waals surface area (Å²) in [5.74, 6) is 2.20. The van der Waals surface area contributed by atoms with Gasteiger partial charge in [0.2, 0.25) is 0 Å². The van der Waals surface area contributed by atoms with Gasteiger partial charge in [-0.3, -0.25) is 4.90 Å². The van der Waals surface area contributed by atoms with Gasteiger partial charge in [-0.1, -0.05) is 18.0 Å². The second-order valence-corrected chi connectivity index (χ2v) is 8.68. The van der Waals surface area contributed by atoms with E-state index in [0.717, 1.165) is 5.92 Å². The Kier molecular flexibility index (Phi) is 3.15. The van der Waals surface area contributed by atoms with Gasteiger partial charge in [0.25, 0.3) is 0 Å². The molecule has 5 aliphatic rings. The molecule has 2 heterocycles. The Bertz CT molecular complexity index is 603. The number of aromatic nitrogens is 1. The molecule has 1 aliphatic heterocycles. The Morgan fingerprint density at radius 2 is 1.91 bits per heavy atom. The second kappa shape index (κ2) is 4.93. The van der Waals surface area contributed by atoms with Crippen molar-refractivity contribution in [3.63, 3.8) is 0 Å². The summed E-state index contributed by atoms with van der Waals surface area (Å²) in [6.45, 7) is 2.38. The Hall–Kier alpha value is -0.640. The van der Waals surface area contributed by atoms with E-state index >= 15 is 0 Å². The summed E-state index contributed by atoms with van der Waals surface area (Å²) in [6, 6.07) is 4.16. The fourth-order valence-corrected chi connectivity index (χ4v) is 6.38. The average Bonchev–Trinajstić information content (AvgIpc) is 2.43. The van der Waals surface area contributed by atoms with Crippen molar-refractivity contribution in [3.05, 3.63) is 29.0 Å². The molecular weight excluding hydrogens is 308 g/mol. The zero-order chi connectivity index (χ0) is 15.7. The first-order valence-corrected chi connectivity index (χ1v) is 9.46. The Morgan fingerprint density at radius 1 is 1.22 bits per heavy atom. The first-order valence-electron chi connectivity index (χ1n) is 9.08. The average molecular weight is 333 g/mol. The summed E-state index contributed by atoms with van der Waals surface area (Å²) in [4.78, 5) is 7.01. The van der Waals surface area contributed by atoms with Crippen LogP contribution in [0.4, 0.5) is 0 Å². The van der Waals surface area contributed by atoms with Crippen LogP contribution in [0.25, 0.3) is 0 Å². The van der Waals surface area contributed by atoms with E-state index in [-0.39, 0.29) is 5.60 Å². The summed E-state index contributed by atoms with van der Waals surface area (Å²) < 4.78 is 6.30. The van der Waals surface area contributed by atoms with Gasteiger partial charge >= 0.3 is 0 Å². The first-order chi connectivity index (χ1) is 11.2. The topological polar surface area (TPSA) is 25.4 Å². The monoisotopic (exact) mass is 332 g/mol. The largest absolute Gasteiger partial charge is 0.373 e. The number of pyridine rings is 1. The molecule has 4 aliphatic carbocycles. The molecule has 4 bridgehead atoms. The van der Waals surface area contributed by atoms with Crippen LogP contribution in [0, 0.1) is 17.8 Å². The summed E-state index contributed by atoms with van der Waals surface area (Å²) in [7, 11) is 1.90. The number of methoxy groups -OCH3 is 1. The lowest BCUT2D eigenvalue weighted by molar-refractivity contribution is -0.226. The van der Waals surface area contributed by atoms with Gasteiger partial charge in [0.15, 0.2) is 0 Å². The molecule has 0 spiro atoms. The van der Waals surface area contributed by atoms with Crippen molar-refractivity contribution in [1.29, 1.82) is 0 Å². The van der Waals surface area contributed by atoms with Gasteiger partial charge in [0.1, 0.15) is 10.8 Å². The van der Waals surface area contributed by atoms with E-state index in [2.05, 4.69) is 16.0 Å². The van der Waals surface area contributed by atoms with Gasteiger partial charge in [-0.05, 0) is 55.7 Å². The normalized spacial score (nSPS) is 45.2. The van der Waals surface area contributed by atoms with Crippen LogP contribution in [0.1, 0.15) is 44.1 Å². The van der Waals surface area contributed by atoms with Crippen LogP contribution >= 0.6 is 11.6 Å². The minimum absolute atomic E-state index is 0.162. The molecule has 3 atom stereocenters. The van der Waals surface area contributed by atoms with Crippen molar-refractivity contribution in [2.45, 2.75) is 49.7 Å². The van der Waals surface area contributed by atoms with Gasteiger partial charge in [-0.2, -0.15) is 0 Å². The molecular formula is C19H25ClN2O. The lowest BCUT2D eigenvalue weighted by atomic mass is 9.48. The molecule has 4 heteroatoms. The molecule has 1 saturated heterocycles. The van der Waals surface area contributed by atoms with Crippen LogP contribution in [0.2, 0.25) is 5.15 Å². The molecule has 1 aromatic rings. The zero-order valence-corrected chi connectivity index (χ0v) is 14.6. The number of likely N-dealkylation sites (tertiary alicyclic amines) is 1. The zero-order valence-electron chi connectivity index (χ0n) is 13.8. The molecule has 0 N–H and O–H groups in total. The van der Waals surface area contributed by atoms with Gasteiger partial charge in [0.05, 0.1) is 0 Å². The molecule has 3 nitrogen and oxygen atoms in total. The molecule has 0 radical (unpaired) electrons. The third-order valence-electron chi connectivity index (χ3n) is 7.39. The number of rotatable bonds is 3. The number of ether oxygens (including phenoxy) is 1. The van der Waals surface area contributed by atoms with Crippen molar-refractivity contribution in [3.8, 4) is 0 Å². The fourth-order valence-electron chi connectivity index (χ4n) is 6.21. The van der Waals surface area contributed by atoms with E-state index in [0.29, 0.717) is 22.5 Å². The third-order valence-corrected chi connectivity index (χ3v) is 7.60. The van der Waals surface area contributed by atoms with Crippen LogP contribution < -0.4 is 0 Å². The van der Waals surface area contributed by atoms with Gasteiger partial charge < -0.3 is 4.74 Å². The van der Waals surface area contributed by atoms with Gasteiger partial charge in [-0.25, -0.2) is 4.98 Å². The van der Waals surface area contributed by atoms with E-state index in [1.54, 1.807) is 0 Å². The van der Waals surface area contributed by atoms with E-state index < -0.39 is 0 Å².